The maximum atomic E-state index is 13.5. The number of halogens is 1. The van der Waals surface area contributed by atoms with E-state index in [1.807, 2.05) is 63.2 Å². The topological polar surface area (TPSA) is 64.0 Å². The molecule has 0 saturated heterocycles. The van der Waals surface area contributed by atoms with Crippen molar-refractivity contribution in [2.75, 3.05) is 5.32 Å². The summed E-state index contributed by atoms with van der Waals surface area (Å²) in [7, 11) is 0. The monoisotopic (exact) mass is 445 g/mol. The van der Waals surface area contributed by atoms with Crippen LogP contribution in [0.2, 0.25) is 5.02 Å². The SMILES string of the molecule is Cc1ccc2c(c1)c(C(=O)C(=O)Nc1ccncc1)c(C(C)C)n2Cc1ccc(Cl)cc1. The predicted molar refractivity (Wildman–Crippen MR) is 129 cm³/mol. The maximum absolute atomic E-state index is 13.5. The van der Waals surface area contributed by atoms with Crippen molar-refractivity contribution in [1.82, 2.24) is 9.55 Å². The highest BCUT2D eigenvalue weighted by Crippen LogP contribution is 2.33. The van der Waals surface area contributed by atoms with Crippen LogP contribution in [0, 0.1) is 6.92 Å². The van der Waals surface area contributed by atoms with Crippen molar-refractivity contribution >= 4 is 39.9 Å². The lowest BCUT2D eigenvalue weighted by molar-refractivity contribution is -0.112. The van der Waals surface area contributed by atoms with Gasteiger partial charge in [0.15, 0.2) is 0 Å². The molecule has 0 aliphatic carbocycles. The van der Waals surface area contributed by atoms with Gasteiger partial charge in [0.2, 0.25) is 0 Å². The fourth-order valence-electron chi connectivity index (χ4n) is 4.01. The molecular weight excluding hydrogens is 422 g/mol. The molecule has 32 heavy (non-hydrogen) atoms. The Morgan fingerprint density at radius 1 is 1.03 bits per heavy atom. The van der Waals surface area contributed by atoms with Crippen molar-refractivity contribution in [1.29, 1.82) is 0 Å². The fourth-order valence-corrected chi connectivity index (χ4v) is 4.13. The molecule has 0 fully saturated rings. The molecule has 0 radical (unpaired) electrons. The molecule has 0 saturated carbocycles. The lowest BCUT2D eigenvalue weighted by Gasteiger charge is -2.15. The summed E-state index contributed by atoms with van der Waals surface area (Å²) in [4.78, 5) is 30.3. The van der Waals surface area contributed by atoms with E-state index in [2.05, 4.69) is 14.9 Å². The number of carbonyl (C=O) groups excluding carboxylic acids is 2. The van der Waals surface area contributed by atoms with Gasteiger partial charge >= 0.3 is 0 Å². The van der Waals surface area contributed by atoms with Crippen LogP contribution in [0.15, 0.2) is 67.0 Å². The Morgan fingerprint density at radius 2 is 1.72 bits per heavy atom. The van der Waals surface area contributed by atoms with Crippen LogP contribution in [0.3, 0.4) is 0 Å². The first-order valence-corrected chi connectivity index (χ1v) is 10.9. The van der Waals surface area contributed by atoms with Gasteiger partial charge in [0.05, 0.1) is 5.56 Å². The van der Waals surface area contributed by atoms with E-state index in [4.69, 9.17) is 11.6 Å². The number of rotatable bonds is 6. The highest BCUT2D eigenvalue weighted by Gasteiger charge is 2.28. The zero-order chi connectivity index (χ0) is 22.8. The summed E-state index contributed by atoms with van der Waals surface area (Å²) in [6, 6.07) is 17.0. The van der Waals surface area contributed by atoms with Gasteiger partial charge in [0, 0.05) is 46.2 Å². The first-order chi connectivity index (χ1) is 15.3. The first-order valence-electron chi connectivity index (χ1n) is 10.5. The number of anilines is 1. The number of amides is 1. The van der Waals surface area contributed by atoms with Crippen LogP contribution in [0.1, 0.15) is 46.9 Å². The van der Waals surface area contributed by atoms with Crippen molar-refractivity contribution in [2.24, 2.45) is 0 Å². The van der Waals surface area contributed by atoms with E-state index in [-0.39, 0.29) is 5.92 Å². The van der Waals surface area contributed by atoms with Gasteiger partial charge < -0.3 is 9.88 Å². The molecule has 1 N–H and O–H groups in total. The minimum atomic E-state index is -0.662. The van der Waals surface area contributed by atoms with Crippen LogP contribution >= 0.6 is 11.6 Å². The molecule has 2 aromatic heterocycles. The minimum Gasteiger partial charge on any atom is -0.339 e. The van der Waals surface area contributed by atoms with Gasteiger partial charge in [0.25, 0.3) is 11.7 Å². The number of hydrogen-bond acceptors (Lipinski definition) is 3. The second-order valence-electron chi connectivity index (χ2n) is 8.17. The summed E-state index contributed by atoms with van der Waals surface area (Å²) < 4.78 is 2.13. The quantitative estimate of drug-likeness (QED) is 0.293. The fraction of sp³-hybridized carbons (Fsp3) is 0.192. The summed E-state index contributed by atoms with van der Waals surface area (Å²) in [5.41, 5.74) is 4.85. The van der Waals surface area contributed by atoms with E-state index in [0.717, 1.165) is 27.7 Å². The molecule has 0 bridgehead atoms. The van der Waals surface area contributed by atoms with Crippen LogP contribution in [0.5, 0.6) is 0 Å². The lowest BCUT2D eigenvalue weighted by atomic mass is 9.98. The number of Topliss-reactive ketones (excluding diaryl/α,β-unsaturated/α-hetero) is 1. The molecule has 6 heteroatoms. The van der Waals surface area contributed by atoms with Crippen LogP contribution in [0.4, 0.5) is 5.69 Å². The number of hydrogen-bond donors (Lipinski definition) is 1. The number of nitrogens with one attached hydrogen (secondary N) is 1. The molecule has 162 valence electrons. The summed E-state index contributed by atoms with van der Waals surface area (Å²) >= 11 is 6.06. The van der Waals surface area contributed by atoms with Gasteiger partial charge in [-0.1, -0.05) is 49.2 Å². The zero-order valence-electron chi connectivity index (χ0n) is 18.2. The van der Waals surface area contributed by atoms with Gasteiger partial charge in [-0.15, -0.1) is 0 Å². The normalized spacial score (nSPS) is 11.2. The summed E-state index contributed by atoms with van der Waals surface area (Å²) in [5.74, 6) is -1.18. The summed E-state index contributed by atoms with van der Waals surface area (Å²) in [6.45, 7) is 6.63. The maximum Gasteiger partial charge on any atom is 0.296 e. The van der Waals surface area contributed by atoms with Gasteiger partial charge in [0.1, 0.15) is 0 Å². The molecular formula is C26H24ClN3O2. The Kier molecular flexibility index (Phi) is 6.10. The summed E-state index contributed by atoms with van der Waals surface area (Å²) in [5, 5.41) is 4.16. The van der Waals surface area contributed by atoms with Crippen molar-refractivity contribution < 1.29 is 9.59 Å². The van der Waals surface area contributed by atoms with E-state index in [9.17, 15) is 9.59 Å². The third kappa shape index (κ3) is 4.30. The highest BCUT2D eigenvalue weighted by atomic mass is 35.5. The highest BCUT2D eigenvalue weighted by molar-refractivity contribution is 6.48. The number of pyridine rings is 1. The molecule has 0 aliphatic rings. The number of aryl methyl sites for hydroxylation is 1. The van der Waals surface area contributed by atoms with Crippen LogP contribution in [-0.2, 0) is 11.3 Å². The first kappa shape index (κ1) is 21.8. The number of fused-ring (bicyclic) bond motifs is 1. The molecule has 0 spiro atoms. The second kappa shape index (κ2) is 8.97. The molecule has 5 nitrogen and oxygen atoms in total. The van der Waals surface area contributed by atoms with Crippen LogP contribution in [-0.4, -0.2) is 21.2 Å². The molecule has 2 heterocycles. The summed E-state index contributed by atoms with van der Waals surface area (Å²) in [6.07, 6.45) is 3.14. The Balaban J connectivity index is 1.84. The van der Waals surface area contributed by atoms with Crippen molar-refractivity contribution in [3.8, 4) is 0 Å². The third-order valence-electron chi connectivity index (χ3n) is 5.43. The Bertz CT molecular complexity index is 1290. The second-order valence-corrected chi connectivity index (χ2v) is 8.60. The van der Waals surface area contributed by atoms with Crippen molar-refractivity contribution in [3.05, 3.63) is 94.4 Å². The lowest BCUT2D eigenvalue weighted by Crippen LogP contribution is -2.24. The molecule has 4 aromatic rings. The smallest absolute Gasteiger partial charge is 0.296 e. The van der Waals surface area contributed by atoms with E-state index in [1.165, 1.54) is 0 Å². The van der Waals surface area contributed by atoms with Gasteiger partial charge in [-0.05, 0) is 54.8 Å². The zero-order valence-corrected chi connectivity index (χ0v) is 19.0. The van der Waals surface area contributed by atoms with E-state index in [1.54, 1.807) is 24.5 Å². The largest absolute Gasteiger partial charge is 0.339 e. The number of benzene rings is 2. The van der Waals surface area contributed by atoms with E-state index < -0.39 is 11.7 Å². The number of nitrogens with zero attached hydrogens (tertiary/aromatic N) is 2. The average molecular weight is 446 g/mol. The molecule has 1 amide bonds. The number of aromatic nitrogens is 2. The number of ketones is 1. The van der Waals surface area contributed by atoms with Crippen molar-refractivity contribution in [3.63, 3.8) is 0 Å². The Hall–Kier alpha value is -3.44. The van der Waals surface area contributed by atoms with Crippen LogP contribution in [0.25, 0.3) is 10.9 Å². The molecule has 2 aromatic carbocycles. The predicted octanol–water partition coefficient (Wildman–Crippen LogP) is 5.99. The Morgan fingerprint density at radius 3 is 2.38 bits per heavy atom. The van der Waals surface area contributed by atoms with Gasteiger partial charge in [-0.3, -0.25) is 14.6 Å². The third-order valence-corrected chi connectivity index (χ3v) is 5.68. The Labute approximate surface area is 192 Å². The molecule has 4 rings (SSSR count). The number of carbonyl (C=O) groups is 2. The van der Waals surface area contributed by atoms with Gasteiger partial charge in [-0.25, -0.2) is 0 Å². The van der Waals surface area contributed by atoms with Crippen molar-refractivity contribution in [2.45, 2.75) is 33.2 Å². The van der Waals surface area contributed by atoms with E-state index >= 15 is 0 Å². The average Bonchev–Trinajstić information content (AvgIpc) is 3.08. The van der Waals surface area contributed by atoms with Gasteiger partial charge in [-0.2, -0.15) is 0 Å². The van der Waals surface area contributed by atoms with Crippen LogP contribution < -0.4 is 5.32 Å². The molecule has 0 unspecified atom stereocenters. The molecule has 0 aliphatic heterocycles. The molecule has 0 atom stereocenters. The van der Waals surface area contributed by atoms with E-state index in [0.29, 0.717) is 22.8 Å². The minimum absolute atomic E-state index is 0.0303. The standard InChI is InChI=1S/C26H24ClN3O2/c1-16(2)24-23(25(31)26(32)29-20-10-12-28-13-11-20)21-14-17(3)4-9-22(21)30(24)15-18-5-7-19(27)8-6-18/h4-14,16H,15H2,1-3H3,(H,28,29,32).